The van der Waals surface area contributed by atoms with Crippen molar-refractivity contribution in [2.75, 3.05) is 18.4 Å². The number of rotatable bonds is 2. The molecule has 0 aliphatic carbocycles. The number of hydrogen-bond donors (Lipinski definition) is 2. The van der Waals surface area contributed by atoms with Crippen LogP contribution in [0, 0.1) is 6.92 Å². The molecule has 21 heavy (non-hydrogen) atoms. The minimum absolute atomic E-state index is 0.210. The quantitative estimate of drug-likeness (QED) is 0.822. The van der Waals surface area contributed by atoms with Crippen molar-refractivity contribution in [3.63, 3.8) is 0 Å². The van der Waals surface area contributed by atoms with Crippen molar-refractivity contribution in [3.8, 4) is 5.75 Å². The molecule has 1 aromatic carbocycles. The van der Waals surface area contributed by atoms with Gasteiger partial charge in [-0.1, -0.05) is 0 Å². The number of aromatic hydroxyl groups is 1. The van der Waals surface area contributed by atoms with Crippen molar-refractivity contribution in [2.24, 2.45) is 0 Å². The molecule has 1 heterocycles. The molecule has 1 fully saturated rings. The Hall–Kier alpha value is -1.91. The normalized spacial score (nSPS) is 18.7. The lowest BCUT2D eigenvalue weighted by atomic mass is 10.2. The highest BCUT2D eigenvalue weighted by molar-refractivity contribution is 5.68. The van der Waals surface area contributed by atoms with E-state index in [1.807, 2.05) is 39.8 Å². The largest absolute Gasteiger partial charge is 0.508 e. The van der Waals surface area contributed by atoms with Crippen LogP contribution in [0.4, 0.5) is 10.5 Å². The van der Waals surface area contributed by atoms with E-state index in [4.69, 9.17) is 4.74 Å². The molecule has 0 bridgehead atoms. The van der Waals surface area contributed by atoms with E-state index < -0.39 is 5.60 Å². The van der Waals surface area contributed by atoms with Gasteiger partial charge in [-0.15, -0.1) is 0 Å². The highest BCUT2D eigenvalue weighted by atomic mass is 16.6. The number of likely N-dealkylation sites (tertiary alicyclic amines) is 1. The van der Waals surface area contributed by atoms with Gasteiger partial charge < -0.3 is 20.1 Å². The zero-order valence-corrected chi connectivity index (χ0v) is 13.1. The molecule has 1 aliphatic heterocycles. The highest BCUT2D eigenvalue weighted by Crippen LogP contribution is 2.23. The highest BCUT2D eigenvalue weighted by Gasteiger charge is 2.29. The topological polar surface area (TPSA) is 61.8 Å². The lowest BCUT2D eigenvalue weighted by molar-refractivity contribution is 0.0293. The number of anilines is 1. The molecule has 1 saturated heterocycles. The summed E-state index contributed by atoms with van der Waals surface area (Å²) in [5.41, 5.74) is 1.33. The SMILES string of the molecule is Cc1cc(NC2CCN(C(=O)OC(C)(C)C)C2)ccc1O. The van der Waals surface area contributed by atoms with Gasteiger partial charge in [0.1, 0.15) is 11.4 Å². The van der Waals surface area contributed by atoms with E-state index in [-0.39, 0.29) is 12.1 Å². The van der Waals surface area contributed by atoms with Crippen molar-refractivity contribution in [2.45, 2.75) is 45.8 Å². The van der Waals surface area contributed by atoms with Crippen LogP contribution in [-0.2, 0) is 4.74 Å². The van der Waals surface area contributed by atoms with Crippen molar-refractivity contribution in [1.29, 1.82) is 0 Å². The fraction of sp³-hybridized carbons (Fsp3) is 0.562. The summed E-state index contributed by atoms with van der Waals surface area (Å²) in [7, 11) is 0. The summed E-state index contributed by atoms with van der Waals surface area (Å²) in [6.07, 6.45) is 0.632. The predicted octanol–water partition coefficient (Wildman–Crippen LogP) is 3.12. The van der Waals surface area contributed by atoms with Gasteiger partial charge in [-0.05, 0) is 57.9 Å². The average Bonchev–Trinajstić information content (AvgIpc) is 2.80. The van der Waals surface area contributed by atoms with Gasteiger partial charge in [0.05, 0.1) is 0 Å². The van der Waals surface area contributed by atoms with Crippen LogP contribution in [0.2, 0.25) is 0 Å². The molecule has 5 nitrogen and oxygen atoms in total. The summed E-state index contributed by atoms with van der Waals surface area (Å²) in [4.78, 5) is 13.7. The maximum absolute atomic E-state index is 12.0. The Morgan fingerprint density at radius 1 is 1.43 bits per heavy atom. The summed E-state index contributed by atoms with van der Waals surface area (Å²) >= 11 is 0. The maximum Gasteiger partial charge on any atom is 0.410 e. The molecule has 1 amide bonds. The van der Waals surface area contributed by atoms with Crippen LogP contribution in [0.5, 0.6) is 5.75 Å². The first-order valence-corrected chi connectivity index (χ1v) is 7.29. The van der Waals surface area contributed by atoms with Crippen molar-refractivity contribution in [1.82, 2.24) is 4.90 Å². The summed E-state index contributed by atoms with van der Waals surface area (Å²) in [5, 5.41) is 12.9. The Balaban J connectivity index is 1.90. The first-order valence-electron chi connectivity index (χ1n) is 7.29. The van der Waals surface area contributed by atoms with Gasteiger partial charge in [0.15, 0.2) is 0 Å². The summed E-state index contributed by atoms with van der Waals surface area (Å²) in [5.74, 6) is 0.294. The van der Waals surface area contributed by atoms with E-state index in [9.17, 15) is 9.90 Å². The number of benzene rings is 1. The number of phenolic OH excluding ortho intramolecular Hbond substituents is 1. The Morgan fingerprint density at radius 2 is 2.14 bits per heavy atom. The Morgan fingerprint density at radius 3 is 2.76 bits per heavy atom. The van der Waals surface area contributed by atoms with Crippen LogP contribution in [0.3, 0.4) is 0 Å². The molecule has 0 radical (unpaired) electrons. The van der Waals surface area contributed by atoms with Crippen LogP contribution in [0.15, 0.2) is 18.2 Å². The van der Waals surface area contributed by atoms with Gasteiger partial charge in [0.2, 0.25) is 0 Å². The van der Waals surface area contributed by atoms with E-state index >= 15 is 0 Å². The number of carbonyl (C=O) groups is 1. The third kappa shape index (κ3) is 4.28. The standard InChI is InChI=1S/C16H24N2O3/c1-11-9-12(5-6-14(11)19)17-13-7-8-18(10-13)15(20)21-16(2,3)4/h5-6,9,13,17,19H,7-8,10H2,1-4H3. The minimum atomic E-state index is -0.462. The summed E-state index contributed by atoms with van der Waals surface area (Å²) in [6, 6.07) is 5.64. The Kier molecular flexibility index (Phi) is 4.30. The van der Waals surface area contributed by atoms with Crippen LogP contribution in [0.1, 0.15) is 32.8 Å². The molecular formula is C16H24N2O3. The van der Waals surface area contributed by atoms with Crippen molar-refractivity contribution in [3.05, 3.63) is 23.8 Å². The number of nitrogens with zero attached hydrogens (tertiary/aromatic N) is 1. The number of phenols is 1. The number of amides is 1. The monoisotopic (exact) mass is 292 g/mol. The number of nitrogens with one attached hydrogen (secondary N) is 1. The Labute approximate surface area is 125 Å². The fourth-order valence-corrected chi connectivity index (χ4v) is 2.35. The summed E-state index contributed by atoms with van der Waals surface area (Å²) in [6.45, 7) is 8.81. The van der Waals surface area contributed by atoms with E-state index in [1.165, 1.54) is 0 Å². The van der Waals surface area contributed by atoms with Crippen LogP contribution in [0.25, 0.3) is 0 Å². The van der Waals surface area contributed by atoms with Crippen LogP contribution < -0.4 is 5.32 Å². The smallest absolute Gasteiger partial charge is 0.410 e. The van der Waals surface area contributed by atoms with Gasteiger partial charge >= 0.3 is 6.09 Å². The fourth-order valence-electron chi connectivity index (χ4n) is 2.35. The second-order valence-electron chi connectivity index (χ2n) is 6.56. The molecule has 0 spiro atoms. The molecule has 2 rings (SSSR count). The number of hydrogen-bond acceptors (Lipinski definition) is 4. The van der Waals surface area contributed by atoms with Gasteiger partial charge in [0, 0.05) is 24.8 Å². The van der Waals surface area contributed by atoms with Gasteiger partial charge in [0.25, 0.3) is 0 Å². The molecule has 1 aromatic rings. The molecular weight excluding hydrogens is 268 g/mol. The van der Waals surface area contributed by atoms with Crippen LogP contribution in [-0.4, -0.2) is 40.8 Å². The summed E-state index contributed by atoms with van der Waals surface area (Å²) < 4.78 is 5.38. The maximum atomic E-state index is 12.0. The second-order valence-corrected chi connectivity index (χ2v) is 6.56. The lowest BCUT2D eigenvalue weighted by Crippen LogP contribution is -2.36. The molecule has 0 saturated carbocycles. The number of carbonyl (C=O) groups excluding carboxylic acids is 1. The lowest BCUT2D eigenvalue weighted by Gasteiger charge is -2.24. The van der Waals surface area contributed by atoms with Gasteiger partial charge in [-0.25, -0.2) is 4.79 Å². The van der Waals surface area contributed by atoms with Crippen molar-refractivity contribution < 1.29 is 14.6 Å². The molecule has 5 heteroatoms. The zero-order valence-electron chi connectivity index (χ0n) is 13.1. The van der Waals surface area contributed by atoms with Crippen LogP contribution >= 0.6 is 0 Å². The van der Waals surface area contributed by atoms with E-state index in [2.05, 4.69) is 5.32 Å². The van der Waals surface area contributed by atoms with Crippen molar-refractivity contribution >= 4 is 11.8 Å². The van der Waals surface area contributed by atoms with E-state index in [0.29, 0.717) is 18.8 Å². The second kappa shape index (κ2) is 5.84. The van der Waals surface area contributed by atoms with E-state index in [0.717, 1.165) is 17.7 Å². The number of ether oxygens (including phenoxy) is 1. The molecule has 116 valence electrons. The Bertz CT molecular complexity index is 523. The molecule has 1 aliphatic rings. The molecule has 0 aromatic heterocycles. The third-order valence-electron chi connectivity index (χ3n) is 3.41. The molecule has 2 N–H and O–H groups in total. The van der Waals surface area contributed by atoms with Gasteiger partial charge in [-0.3, -0.25) is 0 Å². The third-order valence-corrected chi connectivity index (χ3v) is 3.41. The predicted molar refractivity (Wildman–Crippen MR) is 82.7 cm³/mol. The van der Waals surface area contributed by atoms with Gasteiger partial charge in [-0.2, -0.15) is 0 Å². The zero-order chi connectivity index (χ0) is 15.6. The average molecular weight is 292 g/mol. The minimum Gasteiger partial charge on any atom is -0.508 e. The first kappa shape index (κ1) is 15.5. The number of aryl methyl sites for hydroxylation is 1. The molecule has 1 unspecified atom stereocenters. The molecule has 1 atom stereocenters. The van der Waals surface area contributed by atoms with E-state index in [1.54, 1.807) is 11.0 Å². The first-order chi connectivity index (χ1) is 9.74.